The van der Waals surface area contributed by atoms with Crippen LogP contribution in [0.25, 0.3) is 0 Å². The van der Waals surface area contributed by atoms with Crippen LogP contribution >= 0.6 is 11.6 Å². The smallest absolute Gasteiger partial charge is 0.226 e. The standard InChI is InChI=1S/C21H30ClNO3/c1-14(2)26-18-5-4-15(19(22)13-18)12-16-8-11-23(20(16)24)17-6-9-21(3,25)10-7-17/h4-5,13-14,16-17,25H,6-12H2,1-3H3. The number of amides is 1. The minimum absolute atomic E-state index is 0.00630. The monoisotopic (exact) mass is 379 g/mol. The van der Waals surface area contributed by atoms with Crippen molar-refractivity contribution < 1.29 is 14.6 Å². The Morgan fingerprint density at radius 1 is 1.31 bits per heavy atom. The van der Waals surface area contributed by atoms with Crippen LogP contribution in [0.5, 0.6) is 5.75 Å². The van der Waals surface area contributed by atoms with Crippen molar-refractivity contribution in [2.24, 2.45) is 5.92 Å². The molecule has 1 aliphatic carbocycles. The first-order valence-electron chi connectivity index (χ1n) is 9.73. The molecule has 1 aromatic carbocycles. The van der Waals surface area contributed by atoms with Gasteiger partial charge in [0.15, 0.2) is 0 Å². The van der Waals surface area contributed by atoms with E-state index in [0.29, 0.717) is 11.4 Å². The molecule has 2 aliphatic rings. The first kappa shape index (κ1) is 19.5. The highest BCUT2D eigenvalue weighted by atomic mass is 35.5. The van der Waals surface area contributed by atoms with Crippen molar-refractivity contribution in [1.82, 2.24) is 4.90 Å². The van der Waals surface area contributed by atoms with Crippen LogP contribution in [-0.2, 0) is 11.2 Å². The molecule has 144 valence electrons. The van der Waals surface area contributed by atoms with Crippen molar-refractivity contribution in [2.45, 2.75) is 77.0 Å². The van der Waals surface area contributed by atoms with Gasteiger partial charge in [-0.2, -0.15) is 0 Å². The van der Waals surface area contributed by atoms with Crippen molar-refractivity contribution in [3.05, 3.63) is 28.8 Å². The first-order chi connectivity index (χ1) is 12.2. The lowest BCUT2D eigenvalue weighted by molar-refractivity contribution is -0.134. The van der Waals surface area contributed by atoms with E-state index in [1.165, 1.54) is 0 Å². The number of hydrogen-bond acceptors (Lipinski definition) is 3. The van der Waals surface area contributed by atoms with Crippen LogP contribution in [-0.4, -0.2) is 40.2 Å². The van der Waals surface area contributed by atoms with Crippen molar-refractivity contribution in [3.8, 4) is 5.75 Å². The molecule has 4 nitrogen and oxygen atoms in total. The number of benzene rings is 1. The second-order valence-electron chi connectivity index (χ2n) is 8.37. The van der Waals surface area contributed by atoms with Crippen molar-refractivity contribution in [3.63, 3.8) is 0 Å². The Bertz CT molecular complexity index is 649. The summed E-state index contributed by atoms with van der Waals surface area (Å²) in [7, 11) is 0. The summed E-state index contributed by atoms with van der Waals surface area (Å²) < 4.78 is 5.67. The molecule has 0 bridgehead atoms. The zero-order valence-electron chi connectivity index (χ0n) is 16.0. The normalized spacial score (nSPS) is 29.5. The molecule has 1 heterocycles. The molecule has 1 unspecified atom stereocenters. The summed E-state index contributed by atoms with van der Waals surface area (Å²) in [5.41, 5.74) is 0.445. The van der Waals surface area contributed by atoms with Gasteiger partial charge in [0.2, 0.25) is 5.91 Å². The SMILES string of the molecule is CC(C)Oc1ccc(CC2CCN(C3CCC(C)(O)CC3)C2=O)c(Cl)c1. The maximum atomic E-state index is 12.9. The number of ether oxygens (including phenoxy) is 1. The van der Waals surface area contributed by atoms with Gasteiger partial charge in [0, 0.05) is 23.5 Å². The summed E-state index contributed by atoms with van der Waals surface area (Å²) in [5, 5.41) is 10.8. The number of aliphatic hydroxyl groups is 1. The second-order valence-corrected chi connectivity index (χ2v) is 8.78. The maximum absolute atomic E-state index is 12.9. The number of carbonyl (C=O) groups excluding carboxylic acids is 1. The molecule has 1 saturated carbocycles. The fourth-order valence-corrected chi connectivity index (χ4v) is 4.40. The molecule has 1 N–H and O–H groups in total. The Hall–Kier alpha value is -1.26. The highest BCUT2D eigenvalue weighted by molar-refractivity contribution is 6.31. The fraction of sp³-hybridized carbons (Fsp3) is 0.667. The Labute approximate surface area is 161 Å². The van der Waals surface area contributed by atoms with E-state index in [-0.39, 0.29) is 24.0 Å². The quantitative estimate of drug-likeness (QED) is 0.833. The molecule has 3 rings (SSSR count). The van der Waals surface area contributed by atoms with Crippen LogP contribution in [0.2, 0.25) is 5.02 Å². The van der Waals surface area contributed by atoms with E-state index >= 15 is 0 Å². The van der Waals surface area contributed by atoms with Gasteiger partial charge in [0.1, 0.15) is 5.75 Å². The van der Waals surface area contributed by atoms with E-state index in [1.54, 1.807) is 0 Å². The van der Waals surface area contributed by atoms with Crippen LogP contribution in [0.3, 0.4) is 0 Å². The van der Waals surface area contributed by atoms with Gasteiger partial charge < -0.3 is 14.7 Å². The van der Waals surface area contributed by atoms with Gasteiger partial charge >= 0.3 is 0 Å². The number of carbonyl (C=O) groups is 1. The highest BCUT2D eigenvalue weighted by Gasteiger charge is 2.39. The molecule has 5 heteroatoms. The van der Waals surface area contributed by atoms with Gasteiger partial charge in [0.05, 0.1) is 11.7 Å². The molecule has 1 atom stereocenters. The van der Waals surface area contributed by atoms with Gasteiger partial charge in [-0.3, -0.25) is 4.79 Å². The van der Waals surface area contributed by atoms with Crippen molar-refractivity contribution in [1.29, 1.82) is 0 Å². The summed E-state index contributed by atoms with van der Waals surface area (Å²) in [6.07, 6.45) is 5.01. The van der Waals surface area contributed by atoms with Crippen LogP contribution in [0, 0.1) is 5.92 Å². The number of likely N-dealkylation sites (tertiary alicyclic amines) is 1. The topological polar surface area (TPSA) is 49.8 Å². The van der Waals surface area contributed by atoms with E-state index in [0.717, 1.165) is 50.0 Å². The Kier molecular flexibility index (Phi) is 5.83. The van der Waals surface area contributed by atoms with Crippen LogP contribution in [0.4, 0.5) is 0 Å². The van der Waals surface area contributed by atoms with E-state index in [9.17, 15) is 9.90 Å². The van der Waals surface area contributed by atoms with Crippen LogP contribution < -0.4 is 4.74 Å². The predicted molar refractivity (Wildman–Crippen MR) is 104 cm³/mol. The zero-order valence-corrected chi connectivity index (χ0v) is 16.8. The molecule has 1 aliphatic heterocycles. The third-order valence-corrected chi connectivity index (χ3v) is 6.04. The number of hydrogen-bond donors (Lipinski definition) is 1. The van der Waals surface area contributed by atoms with Gasteiger partial charge in [-0.05, 0) is 77.0 Å². The third-order valence-electron chi connectivity index (χ3n) is 5.69. The number of nitrogens with zero attached hydrogens (tertiary/aromatic N) is 1. The summed E-state index contributed by atoms with van der Waals surface area (Å²) in [4.78, 5) is 14.9. The molecule has 2 fully saturated rings. The van der Waals surface area contributed by atoms with Gasteiger partial charge in [-0.25, -0.2) is 0 Å². The van der Waals surface area contributed by atoms with Gasteiger partial charge in [-0.15, -0.1) is 0 Å². The molecule has 26 heavy (non-hydrogen) atoms. The maximum Gasteiger partial charge on any atom is 0.226 e. The third kappa shape index (κ3) is 4.52. The molecule has 0 radical (unpaired) electrons. The first-order valence-corrected chi connectivity index (χ1v) is 10.1. The lowest BCUT2D eigenvalue weighted by Crippen LogP contribution is -2.43. The largest absolute Gasteiger partial charge is 0.491 e. The van der Waals surface area contributed by atoms with E-state index in [1.807, 2.05) is 43.9 Å². The molecular weight excluding hydrogens is 350 g/mol. The predicted octanol–water partition coefficient (Wildman–Crippen LogP) is 4.21. The van der Waals surface area contributed by atoms with Crippen molar-refractivity contribution in [2.75, 3.05) is 6.54 Å². The second kappa shape index (κ2) is 7.77. The average Bonchev–Trinajstić information content (AvgIpc) is 2.90. The van der Waals surface area contributed by atoms with Crippen molar-refractivity contribution >= 4 is 17.5 Å². The lowest BCUT2D eigenvalue weighted by Gasteiger charge is -2.37. The molecular formula is C21H30ClNO3. The fourth-order valence-electron chi connectivity index (χ4n) is 4.16. The minimum atomic E-state index is -0.563. The molecule has 1 amide bonds. The molecule has 0 aromatic heterocycles. The Morgan fingerprint density at radius 3 is 2.62 bits per heavy atom. The van der Waals surface area contributed by atoms with Crippen LogP contribution in [0.15, 0.2) is 18.2 Å². The van der Waals surface area contributed by atoms with Gasteiger partial charge in [-0.1, -0.05) is 17.7 Å². The van der Waals surface area contributed by atoms with Gasteiger partial charge in [0.25, 0.3) is 0 Å². The lowest BCUT2D eigenvalue weighted by atomic mass is 9.83. The van der Waals surface area contributed by atoms with E-state index in [4.69, 9.17) is 16.3 Å². The van der Waals surface area contributed by atoms with E-state index in [2.05, 4.69) is 0 Å². The highest BCUT2D eigenvalue weighted by Crippen LogP contribution is 2.35. The Balaban J connectivity index is 1.61. The summed E-state index contributed by atoms with van der Waals surface area (Å²) >= 11 is 6.42. The molecule has 0 spiro atoms. The number of halogens is 1. The Morgan fingerprint density at radius 2 is 2.00 bits per heavy atom. The zero-order chi connectivity index (χ0) is 18.9. The number of rotatable bonds is 5. The van der Waals surface area contributed by atoms with E-state index < -0.39 is 5.60 Å². The summed E-state index contributed by atoms with van der Waals surface area (Å²) in [5.74, 6) is 1.02. The molecule has 1 saturated heterocycles. The minimum Gasteiger partial charge on any atom is -0.491 e. The summed E-state index contributed by atoms with van der Waals surface area (Å²) in [6, 6.07) is 6.04. The average molecular weight is 380 g/mol. The summed E-state index contributed by atoms with van der Waals surface area (Å²) in [6.45, 7) is 6.69. The van der Waals surface area contributed by atoms with Crippen LogP contribution in [0.1, 0.15) is 58.4 Å². The molecule has 1 aromatic rings.